The number of hydrogen-bond donors (Lipinski definition) is 1. The number of amides is 1. The summed E-state index contributed by atoms with van der Waals surface area (Å²) in [5.74, 6) is -0.583. The van der Waals surface area contributed by atoms with Crippen LogP contribution in [0.3, 0.4) is 0 Å². The lowest BCUT2D eigenvalue weighted by molar-refractivity contribution is -0.138. The van der Waals surface area contributed by atoms with Crippen molar-refractivity contribution < 1.29 is 18.0 Å². The van der Waals surface area contributed by atoms with Crippen LogP contribution < -0.4 is 5.32 Å². The van der Waals surface area contributed by atoms with E-state index in [2.05, 4.69) is 27.3 Å². The Morgan fingerprint density at radius 3 is 2.45 bits per heavy atom. The van der Waals surface area contributed by atoms with Gasteiger partial charge in [-0.25, -0.2) is 4.98 Å². The topological polar surface area (TPSA) is 61.4 Å². The number of aryl methyl sites for hydroxylation is 1. The number of carbonyl (C=O) groups excluding carboxylic acids is 1. The lowest BCUT2D eigenvalue weighted by Crippen LogP contribution is -2.44. The Bertz CT molecular complexity index is 1800. The highest BCUT2D eigenvalue weighted by Crippen LogP contribution is 2.34. The number of aromatic nitrogens is 2. The second-order valence-corrected chi connectivity index (χ2v) is 12.2. The van der Waals surface area contributed by atoms with Crippen LogP contribution in [0.4, 0.5) is 18.9 Å². The summed E-state index contributed by atoms with van der Waals surface area (Å²) in [6.45, 7) is 5.23. The summed E-state index contributed by atoms with van der Waals surface area (Å²) >= 11 is 1.58. The minimum Gasteiger partial charge on any atom is -0.322 e. The number of pyridine rings is 2. The molecule has 6 rings (SSSR count). The molecule has 1 N–H and O–H groups in total. The Morgan fingerprint density at radius 1 is 0.932 bits per heavy atom. The van der Waals surface area contributed by atoms with Crippen molar-refractivity contribution in [3.8, 4) is 11.3 Å². The smallest absolute Gasteiger partial charge is 0.322 e. The highest BCUT2D eigenvalue weighted by Gasteiger charge is 2.34. The number of carbonyl (C=O) groups is 1. The van der Waals surface area contributed by atoms with E-state index in [0.29, 0.717) is 25.2 Å². The van der Waals surface area contributed by atoms with Crippen molar-refractivity contribution in [1.29, 1.82) is 0 Å². The SMILES string of the molecule is Cc1ccc(NC(=O)c2ccc(CN3CCN(C)CC3)c(C(F)(F)F)c2)cc1Cc1cc(-c2ccncc2)nc2sccc12. The Labute approximate surface area is 258 Å². The van der Waals surface area contributed by atoms with Crippen LogP contribution in [0.5, 0.6) is 0 Å². The predicted molar refractivity (Wildman–Crippen MR) is 169 cm³/mol. The first-order valence-corrected chi connectivity index (χ1v) is 15.3. The molecule has 1 amide bonds. The minimum atomic E-state index is -4.57. The summed E-state index contributed by atoms with van der Waals surface area (Å²) in [6.07, 6.45) is -0.487. The average Bonchev–Trinajstić information content (AvgIpc) is 3.49. The van der Waals surface area contributed by atoms with Crippen molar-refractivity contribution >= 4 is 33.1 Å². The second kappa shape index (κ2) is 12.5. The number of likely N-dealkylation sites (N-methyl/N-ethyl adjacent to an activating group) is 1. The first-order valence-electron chi connectivity index (χ1n) is 14.4. The number of alkyl halides is 3. The number of anilines is 1. The summed E-state index contributed by atoms with van der Waals surface area (Å²) < 4.78 is 42.3. The van der Waals surface area contributed by atoms with Gasteiger partial charge < -0.3 is 10.2 Å². The van der Waals surface area contributed by atoms with Crippen molar-refractivity contribution in [2.24, 2.45) is 0 Å². The zero-order valence-electron chi connectivity index (χ0n) is 24.5. The van der Waals surface area contributed by atoms with Gasteiger partial charge in [0.1, 0.15) is 4.83 Å². The van der Waals surface area contributed by atoms with E-state index in [-0.39, 0.29) is 17.7 Å². The Hall–Kier alpha value is -4.12. The van der Waals surface area contributed by atoms with Crippen LogP contribution in [0.25, 0.3) is 21.5 Å². The van der Waals surface area contributed by atoms with Gasteiger partial charge in [-0.2, -0.15) is 13.2 Å². The van der Waals surface area contributed by atoms with Gasteiger partial charge >= 0.3 is 6.18 Å². The maximum absolute atomic E-state index is 14.1. The summed E-state index contributed by atoms with van der Waals surface area (Å²) in [5.41, 5.74) is 4.88. The van der Waals surface area contributed by atoms with E-state index in [4.69, 9.17) is 4.98 Å². The molecule has 4 heterocycles. The molecular weight excluding hydrogens is 583 g/mol. The van der Waals surface area contributed by atoms with Gasteiger partial charge in [-0.15, -0.1) is 11.3 Å². The number of hydrogen-bond acceptors (Lipinski definition) is 6. The maximum Gasteiger partial charge on any atom is 0.416 e. The standard InChI is InChI=1S/C34H32F3N5OS/c1-22-3-6-28(18-26(22)17-27-20-31(23-7-10-38-11-8-23)40-33-29(27)9-16-44-33)39-32(43)24-4-5-25(30(19-24)34(35,36)37)21-42-14-12-41(2)13-15-42/h3-11,16,18-20H,12-15,17,21H2,1-2H3,(H,39,43). The van der Waals surface area contributed by atoms with Gasteiger partial charge in [-0.05, 0) is 96.6 Å². The summed E-state index contributed by atoms with van der Waals surface area (Å²) in [7, 11) is 2.00. The molecule has 226 valence electrons. The number of rotatable bonds is 7. The van der Waals surface area contributed by atoms with Crippen molar-refractivity contribution in [3.63, 3.8) is 0 Å². The summed E-state index contributed by atoms with van der Waals surface area (Å²) in [5, 5.41) is 5.91. The van der Waals surface area contributed by atoms with Crippen LogP contribution in [-0.2, 0) is 19.1 Å². The fourth-order valence-corrected chi connectivity index (χ4v) is 6.36. The van der Waals surface area contributed by atoms with Crippen LogP contribution in [-0.4, -0.2) is 58.9 Å². The largest absolute Gasteiger partial charge is 0.416 e. The third-order valence-corrected chi connectivity index (χ3v) is 8.96. The molecule has 1 fully saturated rings. The van der Waals surface area contributed by atoms with Crippen LogP contribution in [0, 0.1) is 6.92 Å². The lowest BCUT2D eigenvalue weighted by atomic mass is 9.97. The Balaban J connectivity index is 1.23. The lowest BCUT2D eigenvalue weighted by Gasteiger charge is -2.33. The van der Waals surface area contributed by atoms with E-state index in [1.807, 2.05) is 48.5 Å². The molecule has 5 aromatic rings. The third-order valence-electron chi connectivity index (χ3n) is 8.15. The molecule has 0 saturated carbocycles. The van der Waals surface area contributed by atoms with Crippen LogP contribution in [0.15, 0.2) is 78.4 Å². The number of fused-ring (bicyclic) bond motifs is 1. The number of piperazine rings is 1. The van der Waals surface area contributed by atoms with E-state index >= 15 is 0 Å². The average molecular weight is 616 g/mol. The maximum atomic E-state index is 14.1. The molecule has 3 aromatic heterocycles. The molecule has 0 radical (unpaired) electrons. The highest BCUT2D eigenvalue weighted by molar-refractivity contribution is 7.16. The number of benzene rings is 2. The first kappa shape index (κ1) is 29.9. The molecule has 1 aliphatic heterocycles. The molecule has 1 aliphatic rings. The van der Waals surface area contributed by atoms with Gasteiger partial charge in [0.25, 0.3) is 5.91 Å². The van der Waals surface area contributed by atoms with Gasteiger partial charge in [-0.3, -0.25) is 14.7 Å². The monoisotopic (exact) mass is 615 g/mol. The fraction of sp³-hybridized carbons (Fsp3) is 0.265. The molecular formula is C34H32F3N5OS. The normalized spacial score (nSPS) is 14.7. The molecule has 1 saturated heterocycles. The van der Waals surface area contributed by atoms with Crippen LogP contribution >= 0.6 is 11.3 Å². The van der Waals surface area contributed by atoms with E-state index in [1.165, 1.54) is 12.1 Å². The quantitative estimate of drug-likeness (QED) is 0.209. The molecule has 0 aliphatic carbocycles. The summed E-state index contributed by atoms with van der Waals surface area (Å²) in [6, 6.07) is 17.5. The molecule has 44 heavy (non-hydrogen) atoms. The van der Waals surface area contributed by atoms with Crippen molar-refractivity contribution in [3.05, 3.63) is 112 Å². The Kier molecular flexibility index (Phi) is 8.48. The molecule has 0 unspecified atom stereocenters. The van der Waals surface area contributed by atoms with Crippen LogP contribution in [0.2, 0.25) is 0 Å². The molecule has 2 aromatic carbocycles. The number of nitrogens with zero attached hydrogens (tertiary/aromatic N) is 4. The second-order valence-electron chi connectivity index (χ2n) is 11.3. The van der Waals surface area contributed by atoms with Gasteiger partial charge in [0.05, 0.1) is 11.3 Å². The number of nitrogens with one attached hydrogen (secondary N) is 1. The first-order chi connectivity index (χ1) is 21.1. The fourth-order valence-electron chi connectivity index (χ4n) is 5.55. The van der Waals surface area contributed by atoms with Crippen molar-refractivity contribution in [2.45, 2.75) is 26.1 Å². The number of thiophene rings is 1. The zero-order chi connectivity index (χ0) is 30.8. The predicted octanol–water partition coefficient (Wildman–Crippen LogP) is 7.28. The molecule has 0 spiro atoms. The minimum absolute atomic E-state index is 0.0299. The molecule has 10 heteroatoms. The van der Waals surface area contributed by atoms with E-state index in [0.717, 1.165) is 57.3 Å². The molecule has 0 bridgehead atoms. The van der Waals surface area contributed by atoms with Crippen molar-refractivity contribution in [1.82, 2.24) is 19.8 Å². The van der Waals surface area contributed by atoms with Gasteiger partial charge in [0, 0.05) is 67.3 Å². The van der Waals surface area contributed by atoms with E-state index in [9.17, 15) is 18.0 Å². The molecule has 0 atom stereocenters. The Morgan fingerprint density at radius 2 is 1.70 bits per heavy atom. The third kappa shape index (κ3) is 6.67. The van der Waals surface area contributed by atoms with Crippen molar-refractivity contribution in [2.75, 3.05) is 38.5 Å². The van der Waals surface area contributed by atoms with Crippen LogP contribution in [0.1, 0.15) is 38.2 Å². The summed E-state index contributed by atoms with van der Waals surface area (Å²) in [4.78, 5) is 27.3. The van der Waals surface area contributed by atoms with Gasteiger partial charge in [0.15, 0.2) is 0 Å². The van der Waals surface area contributed by atoms with Gasteiger partial charge in [0.2, 0.25) is 0 Å². The zero-order valence-corrected chi connectivity index (χ0v) is 25.3. The van der Waals surface area contributed by atoms with E-state index in [1.54, 1.807) is 29.8 Å². The molecule has 6 nitrogen and oxygen atoms in total. The van der Waals surface area contributed by atoms with E-state index < -0.39 is 17.6 Å². The number of halogens is 3. The highest BCUT2D eigenvalue weighted by atomic mass is 32.1. The van der Waals surface area contributed by atoms with Gasteiger partial charge in [-0.1, -0.05) is 12.1 Å².